The van der Waals surface area contributed by atoms with E-state index in [9.17, 15) is 0 Å². The molecule has 0 unspecified atom stereocenters. The van der Waals surface area contributed by atoms with Crippen molar-refractivity contribution >= 4 is 11.7 Å². The summed E-state index contributed by atoms with van der Waals surface area (Å²) < 4.78 is 10.3. The van der Waals surface area contributed by atoms with Crippen molar-refractivity contribution in [1.29, 1.82) is 0 Å². The van der Waals surface area contributed by atoms with Crippen LogP contribution in [0.15, 0.2) is 58.7 Å². The van der Waals surface area contributed by atoms with Gasteiger partial charge in [0.1, 0.15) is 11.5 Å². The van der Waals surface area contributed by atoms with E-state index >= 15 is 0 Å². The van der Waals surface area contributed by atoms with Crippen molar-refractivity contribution < 1.29 is 9.47 Å². The summed E-state index contributed by atoms with van der Waals surface area (Å²) in [4.78, 5) is 0. The minimum Gasteiger partial charge on any atom is -0.497 e. The fourth-order valence-corrected chi connectivity index (χ4v) is 2.03. The number of nitrogens with zero attached hydrogens (tertiary/aromatic N) is 2. The van der Waals surface area contributed by atoms with Crippen LogP contribution < -0.4 is 20.9 Å². The number of benzene rings is 2. The molecule has 0 atom stereocenters. The minimum absolute atomic E-state index is 0.0780. The van der Waals surface area contributed by atoms with Crippen molar-refractivity contribution in [3.8, 4) is 11.5 Å². The Balaban J connectivity index is 2.29. The fraction of sp³-hybridized carbons (Fsp3) is 0.176. The standard InChI is InChI=1S/C17H20N4O2/c1-22-14-7-3-12(4-8-14)11-16(20-21-17(18)19)13-5-9-15(23-2)10-6-13/h3-10H,11H2,1-2H3,(H4,18,19,21). The van der Waals surface area contributed by atoms with E-state index in [1.165, 1.54) is 0 Å². The molecule has 23 heavy (non-hydrogen) atoms. The summed E-state index contributed by atoms with van der Waals surface area (Å²) in [5.74, 6) is 1.51. The molecule has 0 bridgehead atoms. The maximum atomic E-state index is 5.38. The third-order valence-electron chi connectivity index (χ3n) is 3.24. The van der Waals surface area contributed by atoms with Crippen LogP contribution in [0.1, 0.15) is 11.1 Å². The van der Waals surface area contributed by atoms with E-state index < -0.39 is 0 Å². The van der Waals surface area contributed by atoms with Crippen molar-refractivity contribution in [3.05, 3.63) is 59.7 Å². The molecule has 0 aliphatic heterocycles. The highest BCUT2D eigenvalue weighted by atomic mass is 16.5. The van der Waals surface area contributed by atoms with Crippen LogP contribution in [0.25, 0.3) is 0 Å². The molecular weight excluding hydrogens is 292 g/mol. The third-order valence-corrected chi connectivity index (χ3v) is 3.24. The Labute approximate surface area is 135 Å². The van der Waals surface area contributed by atoms with Crippen molar-refractivity contribution in [1.82, 2.24) is 0 Å². The van der Waals surface area contributed by atoms with Gasteiger partial charge in [-0.1, -0.05) is 12.1 Å². The van der Waals surface area contributed by atoms with Crippen molar-refractivity contribution in [2.45, 2.75) is 6.42 Å². The minimum atomic E-state index is -0.0780. The summed E-state index contributed by atoms with van der Waals surface area (Å²) in [5.41, 5.74) is 13.5. The third kappa shape index (κ3) is 4.74. The van der Waals surface area contributed by atoms with Crippen LogP contribution in [-0.4, -0.2) is 25.9 Å². The number of guanidine groups is 1. The molecule has 0 aromatic heterocycles. The van der Waals surface area contributed by atoms with Crippen molar-refractivity contribution in [2.24, 2.45) is 21.7 Å². The van der Waals surface area contributed by atoms with E-state index in [4.69, 9.17) is 20.9 Å². The Hall–Kier alpha value is -3.02. The highest BCUT2D eigenvalue weighted by molar-refractivity contribution is 6.02. The van der Waals surface area contributed by atoms with Gasteiger partial charge in [0.05, 0.1) is 19.9 Å². The van der Waals surface area contributed by atoms with Crippen LogP contribution in [0.2, 0.25) is 0 Å². The maximum Gasteiger partial charge on any atom is 0.211 e. The van der Waals surface area contributed by atoms with Gasteiger partial charge in [-0.2, -0.15) is 5.10 Å². The molecule has 0 saturated heterocycles. The van der Waals surface area contributed by atoms with Gasteiger partial charge in [-0.3, -0.25) is 0 Å². The van der Waals surface area contributed by atoms with Crippen LogP contribution in [0.4, 0.5) is 0 Å². The van der Waals surface area contributed by atoms with Gasteiger partial charge < -0.3 is 20.9 Å². The normalized spacial score (nSPS) is 11.0. The van der Waals surface area contributed by atoms with Gasteiger partial charge in [0, 0.05) is 6.42 Å². The van der Waals surface area contributed by atoms with Gasteiger partial charge >= 0.3 is 0 Å². The summed E-state index contributed by atoms with van der Waals surface area (Å²) in [5, 5.41) is 7.95. The molecule has 2 rings (SSSR count). The number of nitrogens with two attached hydrogens (primary N) is 2. The predicted molar refractivity (Wildman–Crippen MR) is 92.0 cm³/mol. The molecule has 0 aliphatic carbocycles. The van der Waals surface area contributed by atoms with E-state index in [-0.39, 0.29) is 5.96 Å². The number of ether oxygens (including phenoxy) is 2. The van der Waals surface area contributed by atoms with E-state index in [0.29, 0.717) is 6.42 Å². The topological polar surface area (TPSA) is 95.2 Å². The largest absolute Gasteiger partial charge is 0.497 e. The molecule has 0 saturated carbocycles. The molecule has 2 aromatic rings. The lowest BCUT2D eigenvalue weighted by molar-refractivity contribution is 0.414. The molecule has 0 fully saturated rings. The van der Waals surface area contributed by atoms with Gasteiger partial charge in [0.25, 0.3) is 0 Å². The molecule has 6 nitrogen and oxygen atoms in total. The zero-order valence-corrected chi connectivity index (χ0v) is 13.2. The average molecular weight is 312 g/mol. The Morgan fingerprint density at radius 1 is 0.826 bits per heavy atom. The zero-order valence-electron chi connectivity index (χ0n) is 13.2. The lowest BCUT2D eigenvalue weighted by atomic mass is 10.0. The number of hydrogen-bond donors (Lipinski definition) is 2. The van der Waals surface area contributed by atoms with Gasteiger partial charge in [0.15, 0.2) is 0 Å². The monoisotopic (exact) mass is 312 g/mol. The van der Waals surface area contributed by atoms with E-state index in [1.54, 1.807) is 14.2 Å². The highest BCUT2D eigenvalue weighted by Gasteiger charge is 2.07. The second-order valence-electron chi connectivity index (χ2n) is 4.82. The highest BCUT2D eigenvalue weighted by Crippen LogP contribution is 2.16. The summed E-state index contributed by atoms with van der Waals surface area (Å²) in [6, 6.07) is 15.3. The van der Waals surface area contributed by atoms with Gasteiger partial charge in [-0.15, -0.1) is 5.10 Å². The second kappa shape index (κ2) is 7.84. The SMILES string of the molecule is COc1ccc(CC(=NN=C(N)N)c2ccc(OC)cc2)cc1. The van der Waals surface area contributed by atoms with Gasteiger partial charge in [-0.25, -0.2) is 0 Å². The molecule has 0 amide bonds. The second-order valence-corrected chi connectivity index (χ2v) is 4.82. The summed E-state index contributed by atoms with van der Waals surface area (Å²) in [7, 11) is 3.26. The Morgan fingerprint density at radius 3 is 1.83 bits per heavy atom. The molecule has 0 aliphatic rings. The summed E-state index contributed by atoms with van der Waals surface area (Å²) >= 11 is 0. The average Bonchev–Trinajstić information content (AvgIpc) is 2.59. The zero-order chi connectivity index (χ0) is 16.7. The van der Waals surface area contributed by atoms with Crippen LogP contribution in [0.3, 0.4) is 0 Å². The first-order chi connectivity index (χ1) is 11.1. The lowest BCUT2D eigenvalue weighted by Gasteiger charge is -2.08. The van der Waals surface area contributed by atoms with Crippen molar-refractivity contribution in [3.63, 3.8) is 0 Å². The fourth-order valence-electron chi connectivity index (χ4n) is 2.03. The molecule has 6 heteroatoms. The number of rotatable bonds is 6. The van der Waals surface area contributed by atoms with Crippen molar-refractivity contribution in [2.75, 3.05) is 14.2 Å². The quantitative estimate of drug-likeness (QED) is 0.484. The van der Waals surface area contributed by atoms with Crippen LogP contribution >= 0.6 is 0 Å². The smallest absolute Gasteiger partial charge is 0.211 e. The summed E-state index contributed by atoms with van der Waals surface area (Å²) in [6.07, 6.45) is 0.590. The molecule has 0 heterocycles. The Bertz CT molecular complexity index is 688. The van der Waals surface area contributed by atoms with E-state index in [1.807, 2.05) is 48.5 Å². The Kier molecular flexibility index (Phi) is 5.57. The molecular formula is C17H20N4O2. The van der Waals surface area contributed by atoms with Crippen LogP contribution in [0.5, 0.6) is 11.5 Å². The lowest BCUT2D eigenvalue weighted by Crippen LogP contribution is -2.22. The number of methoxy groups -OCH3 is 2. The van der Waals surface area contributed by atoms with Crippen LogP contribution in [0, 0.1) is 0 Å². The van der Waals surface area contributed by atoms with Crippen LogP contribution in [-0.2, 0) is 6.42 Å². The molecule has 120 valence electrons. The Morgan fingerprint density at radius 2 is 1.35 bits per heavy atom. The molecule has 4 N–H and O–H groups in total. The van der Waals surface area contributed by atoms with Gasteiger partial charge in [-0.05, 0) is 47.5 Å². The van der Waals surface area contributed by atoms with Gasteiger partial charge in [0.2, 0.25) is 5.96 Å². The first-order valence-corrected chi connectivity index (χ1v) is 7.05. The van der Waals surface area contributed by atoms with E-state index in [0.717, 1.165) is 28.3 Å². The first-order valence-electron chi connectivity index (χ1n) is 7.05. The first kappa shape index (κ1) is 16.4. The molecule has 0 spiro atoms. The van der Waals surface area contributed by atoms with E-state index in [2.05, 4.69) is 10.2 Å². The maximum absolute atomic E-state index is 5.38. The molecule has 2 aromatic carbocycles. The number of hydrogen-bond acceptors (Lipinski definition) is 4. The summed E-state index contributed by atoms with van der Waals surface area (Å²) in [6.45, 7) is 0. The predicted octanol–water partition coefficient (Wildman–Crippen LogP) is 1.92. The molecule has 0 radical (unpaired) electrons.